The lowest BCUT2D eigenvalue weighted by atomic mass is 9.92. The number of nitrogens with one attached hydrogen (secondary N) is 2. The van der Waals surface area contributed by atoms with Crippen LogP contribution in [-0.2, 0) is 11.2 Å². The smallest absolute Gasteiger partial charge is 0.227 e. The van der Waals surface area contributed by atoms with Crippen LogP contribution >= 0.6 is 24.0 Å². The molecule has 0 aromatic heterocycles. The van der Waals surface area contributed by atoms with Crippen molar-refractivity contribution >= 4 is 35.8 Å². The molecule has 152 valence electrons. The third-order valence-corrected chi connectivity index (χ3v) is 4.86. The van der Waals surface area contributed by atoms with Crippen molar-refractivity contribution in [1.29, 1.82) is 0 Å². The number of hydrogen-bond acceptors (Lipinski definition) is 2. The summed E-state index contributed by atoms with van der Waals surface area (Å²) in [5.74, 6) is 1.64. The van der Waals surface area contributed by atoms with Gasteiger partial charge in [-0.15, -0.1) is 24.0 Å². The molecule has 1 saturated heterocycles. The highest BCUT2D eigenvalue weighted by Crippen LogP contribution is 2.22. The van der Waals surface area contributed by atoms with Gasteiger partial charge in [-0.25, -0.2) is 0 Å². The highest BCUT2D eigenvalue weighted by molar-refractivity contribution is 14.0. The summed E-state index contributed by atoms with van der Waals surface area (Å²) in [7, 11) is 0. The van der Waals surface area contributed by atoms with Crippen LogP contribution in [0, 0.1) is 11.3 Å². The summed E-state index contributed by atoms with van der Waals surface area (Å²) in [5.41, 5.74) is 0.901. The van der Waals surface area contributed by atoms with Crippen LogP contribution in [0.3, 0.4) is 0 Å². The van der Waals surface area contributed by atoms with Crippen molar-refractivity contribution in [3.63, 3.8) is 0 Å². The molecule has 0 saturated carbocycles. The lowest BCUT2D eigenvalue weighted by Crippen LogP contribution is -2.43. The van der Waals surface area contributed by atoms with E-state index in [0.29, 0.717) is 19.0 Å². The van der Waals surface area contributed by atoms with Crippen molar-refractivity contribution in [1.82, 2.24) is 15.5 Å². The molecule has 2 rings (SSSR count). The molecule has 0 bridgehead atoms. The molecule has 1 aliphatic rings. The molecule has 5 nitrogen and oxygen atoms in total. The van der Waals surface area contributed by atoms with Gasteiger partial charge in [-0.2, -0.15) is 0 Å². The van der Waals surface area contributed by atoms with Gasteiger partial charge in [0.15, 0.2) is 5.96 Å². The highest BCUT2D eigenvalue weighted by atomic mass is 127. The quantitative estimate of drug-likeness (QED) is 0.353. The summed E-state index contributed by atoms with van der Waals surface area (Å²) >= 11 is 0. The minimum Gasteiger partial charge on any atom is -0.357 e. The average Bonchev–Trinajstić information content (AvgIpc) is 3.08. The number of amides is 1. The van der Waals surface area contributed by atoms with Gasteiger partial charge in [0.2, 0.25) is 5.91 Å². The molecular weight excluding hydrogens is 451 g/mol. The first-order chi connectivity index (χ1) is 12.5. The molecule has 1 heterocycles. The SMILES string of the molecule is CCNC(=O)C(C)(C)CN=C(NCC)N1CCC(Cc2ccccc2)C1.I. The van der Waals surface area contributed by atoms with Crippen LogP contribution < -0.4 is 10.6 Å². The Bertz CT molecular complexity index is 603. The molecule has 0 spiro atoms. The second-order valence-electron chi connectivity index (χ2n) is 7.70. The summed E-state index contributed by atoms with van der Waals surface area (Å²) in [6.07, 6.45) is 2.29. The molecule has 1 aliphatic heterocycles. The van der Waals surface area contributed by atoms with Gasteiger partial charge in [0.25, 0.3) is 0 Å². The standard InChI is InChI=1S/C21H34N4O.HI/c1-5-22-19(26)21(3,4)16-24-20(23-6-2)25-13-12-18(15-25)14-17-10-8-7-9-11-17;/h7-11,18H,5-6,12-16H2,1-4H3,(H,22,26)(H,23,24);1H. The number of benzene rings is 1. The van der Waals surface area contributed by atoms with E-state index in [1.54, 1.807) is 0 Å². The molecule has 1 fully saturated rings. The molecule has 1 aromatic rings. The van der Waals surface area contributed by atoms with Gasteiger partial charge in [0, 0.05) is 26.2 Å². The zero-order valence-electron chi connectivity index (χ0n) is 17.1. The van der Waals surface area contributed by atoms with Crippen molar-refractivity contribution in [3.8, 4) is 0 Å². The van der Waals surface area contributed by atoms with Crippen molar-refractivity contribution in [2.45, 2.75) is 40.5 Å². The zero-order chi connectivity index (χ0) is 19.0. The second-order valence-corrected chi connectivity index (χ2v) is 7.70. The molecule has 27 heavy (non-hydrogen) atoms. The Hall–Kier alpha value is -1.31. The minimum atomic E-state index is -0.500. The van der Waals surface area contributed by atoms with E-state index in [1.807, 2.05) is 20.8 Å². The van der Waals surface area contributed by atoms with E-state index < -0.39 is 5.41 Å². The number of halogens is 1. The van der Waals surface area contributed by atoms with Crippen LogP contribution in [-0.4, -0.2) is 49.5 Å². The van der Waals surface area contributed by atoms with Gasteiger partial charge >= 0.3 is 0 Å². The van der Waals surface area contributed by atoms with Gasteiger partial charge in [-0.1, -0.05) is 30.3 Å². The minimum absolute atomic E-state index is 0. The summed E-state index contributed by atoms with van der Waals surface area (Å²) < 4.78 is 0. The van der Waals surface area contributed by atoms with Gasteiger partial charge in [0.1, 0.15) is 0 Å². The third-order valence-electron chi connectivity index (χ3n) is 4.86. The fraction of sp³-hybridized carbons (Fsp3) is 0.619. The van der Waals surface area contributed by atoms with E-state index in [1.165, 1.54) is 12.0 Å². The molecule has 1 amide bonds. The number of rotatable bonds is 7. The Labute approximate surface area is 181 Å². The van der Waals surface area contributed by atoms with E-state index in [9.17, 15) is 4.79 Å². The normalized spacial score (nSPS) is 17.4. The van der Waals surface area contributed by atoms with Crippen molar-refractivity contribution in [3.05, 3.63) is 35.9 Å². The first-order valence-electron chi connectivity index (χ1n) is 9.81. The van der Waals surface area contributed by atoms with Gasteiger partial charge in [0.05, 0.1) is 12.0 Å². The van der Waals surface area contributed by atoms with E-state index >= 15 is 0 Å². The van der Waals surface area contributed by atoms with Crippen LogP contribution in [0.5, 0.6) is 0 Å². The molecule has 0 aliphatic carbocycles. The van der Waals surface area contributed by atoms with Crippen LogP contribution in [0.4, 0.5) is 0 Å². The van der Waals surface area contributed by atoms with E-state index in [2.05, 4.69) is 52.8 Å². The van der Waals surface area contributed by atoms with Crippen LogP contribution in [0.2, 0.25) is 0 Å². The molecule has 1 unspecified atom stereocenters. The molecular formula is C21H35IN4O. The summed E-state index contributed by atoms with van der Waals surface area (Å²) in [5, 5.41) is 6.30. The van der Waals surface area contributed by atoms with Gasteiger partial charge < -0.3 is 15.5 Å². The van der Waals surface area contributed by atoms with Crippen molar-refractivity contribution in [2.75, 3.05) is 32.7 Å². The Morgan fingerprint density at radius 2 is 1.85 bits per heavy atom. The highest BCUT2D eigenvalue weighted by Gasteiger charge is 2.29. The number of likely N-dealkylation sites (tertiary alicyclic amines) is 1. The molecule has 1 aromatic carbocycles. The fourth-order valence-electron chi connectivity index (χ4n) is 3.31. The number of aliphatic imine (C=N–C) groups is 1. The van der Waals surface area contributed by atoms with Crippen LogP contribution in [0.1, 0.15) is 39.7 Å². The zero-order valence-corrected chi connectivity index (χ0v) is 19.5. The summed E-state index contributed by atoms with van der Waals surface area (Å²) in [4.78, 5) is 19.3. The van der Waals surface area contributed by atoms with E-state index in [-0.39, 0.29) is 29.9 Å². The average molecular weight is 486 g/mol. The maximum absolute atomic E-state index is 12.2. The van der Waals surface area contributed by atoms with E-state index in [0.717, 1.165) is 32.0 Å². The number of carbonyl (C=O) groups excluding carboxylic acids is 1. The Balaban J connectivity index is 0.00000364. The molecule has 1 atom stereocenters. The Kier molecular flexibility index (Phi) is 10.1. The lowest BCUT2D eigenvalue weighted by molar-refractivity contribution is -0.128. The Morgan fingerprint density at radius 3 is 2.48 bits per heavy atom. The van der Waals surface area contributed by atoms with Crippen LogP contribution in [0.15, 0.2) is 35.3 Å². The first-order valence-corrected chi connectivity index (χ1v) is 9.81. The third kappa shape index (κ3) is 7.31. The molecule has 0 radical (unpaired) electrons. The number of guanidine groups is 1. The lowest BCUT2D eigenvalue weighted by Gasteiger charge is -2.25. The topological polar surface area (TPSA) is 56.7 Å². The van der Waals surface area contributed by atoms with Crippen molar-refractivity contribution in [2.24, 2.45) is 16.3 Å². The van der Waals surface area contributed by atoms with Crippen molar-refractivity contribution < 1.29 is 4.79 Å². The maximum atomic E-state index is 12.2. The largest absolute Gasteiger partial charge is 0.357 e. The predicted molar refractivity (Wildman–Crippen MR) is 124 cm³/mol. The monoisotopic (exact) mass is 486 g/mol. The van der Waals surface area contributed by atoms with Gasteiger partial charge in [-0.3, -0.25) is 9.79 Å². The Morgan fingerprint density at radius 1 is 1.19 bits per heavy atom. The van der Waals surface area contributed by atoms with Gasteiger partial charge in [-0.05, 0) is 52.0 Å². The molecule has 6 heteroatoms. The molecule has 2 N–H and O–H groups in total. The van der Waals surface area contributed by atoms with Crippen LogP contribution in [0.25, 0.3) is 0 Å². The summed E-state index contributed by atoms with van der Waals surface area (Å²) in [6, 6.07) is 10.7. The number of carbonyl (C=O) groups is 1. The summed E-state index contributed by atoms with van der Waals surface area (Å²) in [6.45, 7) is 11.9. The predicted octanol–water partition coefficient (Wildman–Crippen LogP) is 3.30. The first kappa shape index (κ1) is 23.7. The fourth-order valence-corrected chi connectivity index (χ4v) is 3.31. The maximum Gasteiger partial charge on any atom is 0.227 e. The van der Waals surface area contributed by atoms with E-state index in [4.69, 9.17) is 4.99 Å². The number of nitrogens with zero attached hydrogens (tertiary/aromatic N) is 2. The second kappa shape index (κ2) is 11.5. The number of hydrogen-bond donors (Lipinski definition) is 2.